The van der Waals surface area contributed by atoms with E-state index in [9.17, 15) is 19.3 Å². The van der Waals surface area contributed by atoms with Gasteiger partial charge >= 0.3 is 0 Å². The van der Waals surface area contributed by atoms with Gasteiger partial charge in [0, 0.05) is 11.6 Å². The minimum absolute atomic E-state index is 0.119. The van der Waals surface area contributed by atoms with Gasteiger partial charge in [-0.3, -0.25) is 14.9 Å². The molecule has 112 valence electrons. The highest BCUT2D eigenvalue weighted by Gasteiger charge is 2.14. The van der Waals surface area contributed by atoms with E-state index in [2.05, 4.69) is 10.5 Å². The van der Waals surface area contributed by atoms with Gasteiger partial charge in [0.25, 0.3) is 5.69 Å². The van der Waals surface area contributed by atoms with Crippen LogP contribution in [0.15, 0.2) is 53.6 Å². The Balaban J connectivity index is 1.98. The second kappa shape index (κ2) is 7.07. The minimum Gasteiger partial charge on any atom is -0.273 e. The van der Waals surface area contributed by atoms with E-state index in [0.717, 1.165) is 0 Å². The third kappa shape index (κ3) is 4.20. The van der Waals surface area contributed by atoms with Crippen LogP contribution in [0.4, 0.5) is 10.1 Å². The molecule has 1 N–H and O–H groups in total. The molecule has 2 aromatic rings. The number of nitro groups is 1. The van der Waals surface area contributed by atoms with Crippen molar-refractivity contribution in [2.24, 2.45) is 5.10 Å². The zero-order valence-electron chi connectivity index (χ0n) is 11.4. The first-order chi connectivity index (χ1) is 10.6. The van der Waals surface area contributed by atoms with Gasteiger partial charge in [-0.2, -0.15) is 5.10 Å². The summed E-state index contributed by atoms with van der Waals surface area (Å²) < 4.78 is 12.9. The molecule has 0 spiro atoms. The lowest BCUT2D eigenvalue weighted by molar-refractivity contribution is -0.385. The lowest BCUT2D eigenvalue weighted by Gasteiger charge is -2.01. The molecule has 0 saturated carbocycles. The van der Waals surface area contributed by atoms with Gasteiger partial charge in [-0.1, -0.05) is 30.3 Å². The number of rotatable bonds is 5. The molecule has 0 fully saturated rings. The normalized spacial score (nSPS) is 10.6. The number of hydrazone groups is 1. The van der Waals surface area contributed by atoms with Crippen molar-refractivity contribution < 1.29 is 14.1 Å². The maximum atomic E-state index is 12.9. The third-order valence-corrected chi connectivity index (χ3v) is 2.79. The highest BCUT2D eigenvalue weighted by Crippen LogP contribution is 2.17. The highest BCUT2D eigenvalue weighted by molar-refractivity contribution is 5.83. The van der Waals surface area contributed by atoms with E-state index >= 15 is 0 Å². The Morgan fingerprint density at radius 3 is 2.77 bits per heavy atom. The van der Waals surface area contributed by atoms with E-state index in [4.69, 9.17) is 0 Å². The number of hydrogen-bond acceptors (Lipinski definition) is 4. The van der Waals surface area contributed by atoms with Crippen LogP contribution >= 0.6 is 0 Å². The summed E-state index contributed by atoms with van der Waals surface area (Å²) in [6.07, 6.45) is 1.12. The van der Waals surface area contributed by atoms with Crippen LogP contribution in [0.2, 0.25) is 0 Å². The molecule has 1 amide bonds. The van der Waals surface area contributed by atoms with Crippen molar-refractivity contribution in [2.45, 2.75) is 6.42 Å². The first-order valence-electron chi connectivity index (χ1n) is 6.36. The van der Waals surface area contributed by atoms with Gasteiger partial charge in [-0.25, -0.2) is 9.82 Å². The summed E-state index contributed by atoms with van der Waals surface area (Å²) in [4.78, 5) is 22.0. The molecule has 0 aromatic heterocycles. The Kier molecular flexibility index (Phi) is 4.92. The first kappa shape index (κ1) is 15.3. The molecule has 0 atom stereocenters. The van der Waals surface area contributed by atoms with Crippen LogP contribution in [0.3, 0.4) is 0 Å². The van der Waals surface area contributed by atoms with Crippen molar-refractivity contribution in [3.8, 4) is 0 Å². The van der Waals surface area contributed by atoms with Crippen molar-refractivity contribution in [3.05, 3.63) is 75.6 Å². The number of nitrogens with zero attached hydrogens (tertiary/aromatic N) is 2. The lowest BCUT2D eigenvalue weighted by Crippen LogP contribution is -2.20. The number of carbonyl (C=O) groups is 1. The summed E-state index contributed by atoms with van der Waals surface area (Å²) in [6.45, 7) is 0. The van der Waals surface area contributed by atoms with Gasteiger partial charge < -0.3 is 0 Å². The molecule has 0 radical (unpaired) electrons. The van der Waals surface area contributed by atoms with Gasteiger partial charge in [0.2, 0.25) is 5.91 Å². The Morgan fingerprint density at radius 2 is 2.05 bits per heavy atom. The van der Waals surface area contributed by atoms with E-state index in [-0.39, 0.29) is 12.1 Å². The molecule has 0 saturated heterocycles. The molecule has 0 aliphatic rings. The van der Waals surface area contributed by atoms with Crippen molar-refractivity contribution in [1.29, 1.82) is 0 Å². The van der Waals surface area contributed by atoms with Gasteiger partial charge in [0.1, 0.15) is 5.82 Å². The summed E-state index contributed by atoms with van der Waals surface area (Å²) in [5.41, 5.74) is 2.92. The second-order valence-corrected chi connectivity index (χ2v) is 4.41. The summed E-state index contributed by atoms with van der Waals surface area (Å²) in [6, 6.07) is 11.7. The minimum atomic E-state index is -0.543. The predicted molar refractivity (Wildman–Crippen MR) is 78.9 cm³/mol. The zero-order valence-corrected chi connectivity index (χ0v) is 11.4. The van der Waals surface area contributed by atoms with Crippen molar-refractivity contribution >= 4 is 17.8 Å². The molecule has 6 nitrogen and oxygen atoms in total. The van der Waals surface area contributed by atoms with E-state index in [1.54, 1.807) is 12.1 Å². The van der Waals surface area contributed by atoms with Gasteiger partial charge in [-0.15, -0.1) is 0 Å². The summed E-state index contributed by atoms with van der Waals surface area (Å²) >= 11 is 0. The largest absolute Gasteiger partial charge is 0.273 e. The van der Waals surface area contributed by atoms with Gasteiger partial charge in [0.05, 0.1) is 17.6 Å². The van der Waals surface area contributed by atoms with E-state index in [1.165, 1.54) is 42.6 Å². The fourth-order valence-corrected chi connectivity index (χ4v) is 1.82. The number of benzene rings is 2. The molecule has 0 unspecified atom stereocenters. The quantitative estimate of drug-likeness (QED) is 0.523. The summed E-state index contributed by atoms with van der Waals surface area (Å²) in [5, 5.41) is 14.5. The van der Waals surface area contributed by atoms with Crippen LogP contribution in [0, 0.1) is 15.9 Å². The van der Waals surface area contributed by atoms with E-state index in [1.807, 2.05) is 0 Å². The Labute approximate surface area is 125 Å². The van der Waals surface area contributed by atoms with E-state index < -0.39 is 16.6 Å². The molecule has 0 aliphatic carbocycles. The number of carbonyl (C=O) groups excluding carboxylic acids is 1. The molecule has 0 aliphatic heterocycles. The maximum absolute atomic E-state index is 12.9. The predicted octanol–water partition coefficient (Wildman–Crippen LogP) is 2.43. The van der Waals surface area contributed by atoms with Crippen molar-refractivity contribution in [1.82, 2.24) is 5.43 Å². The first-order valence-corrected chi connectivity index (χ1v) is 6.36. The van der Waals surface area contributed by atoms with Gasteiger partial charge in [-0.05, 0) is 17.7 Å². The number of nitrogens with one attached hydrogen (secondary N) is 1. The fourth-order valence-electron chi connectivity index (χ4n) is 1.82. The van der Waals surface area contributed by atoms with Crippen LogP contribution < -0.4 is 5.43 Å². The van der Waals surface area contributed by atoms with Crippen LogP contribution in [0.1, 0.15) is 11.1 Å². The molecule has 22 heavy (non-hydrogen) atoms. The molecule has 0 bridgehead atoms. The number of amides is 1. The summed E-state index contributed by atoms with van der Waals surface area (Å²) in [7, 11) is 0. The lowest BCUT2D eigenvalue weighted by atomic mass is 10.1. The maximum Gasteiger partial charge on any atom is 0.273 e. The van der Waals surface area contributed by atoms with Crippen LogP contribution in [-0.2, 0) is 11.2 Å². The Hall–Kier alpha value is -3.09. The van der Waals surface area contributed by atoms with Crippen LogP contribution in [0.5, 0.6) is 0 Å². The number of hydrogen-bond donors (Lipinski definition) is 1. The molecule has 2 rings (SSSR count). The fraction of sp³-hybridized carbons (Fsp3) is 0.0667. The van der Waals surface area contributed by atoms with Crippen molar-refractivity contribution in [3.63, 3.8) is 0 Å². The number of para-hydroxylation sites is 1. The van der Waals surface area contributed by atoms with Crippen LogP contribution in [-0.4, -0.2) is 17.0 Å². The Bertz CT molecular complexity index is 731. The SMILES string of the molecule is O=C(Cc1ccccc1[N+](=O)[O-])N/N=C/c1cccc(F)c1. The third-order valence-electron chi connectivity index (χ3n) is 2.79. The monoisotopic (exact) mass is 301 g/mol. The average molecular weight is 301 g/mol. The van der Waals surface area contributed by atoms with Crippen molar-refractivity contribution in [2.75, 3.05) is 0 Å². The highest BCUT2D eigenvalue weighted by atomic mass is 19.1. The second-order valence-electron chi connectivity index (χ2n) is 4.41. The number of halogens is 1. The molecular weight excluding hydrogens is 289 g/mol. The molecule has 7 heteroatoms. The standard InChI is InChI=1S/C15H12FN3O3/c16-13-6-3-4-11(8-13)10-17-18-15(20)9-12-5-1-2-7-14(12)19(21)22/h1-8,10H,9H2,(H,18,20)/b17-10+. The van der Waals surface area contributed by atoms with Gasteiger partial charge in [0.15, 0.2) is 0 Å². The smallest absolute Gasteiger partial charge is 0.273 e. The Morgan fingerprint density at radius 1 is 1.27 bits per heavy atom. The average Bonchev–Trinajstić information content (AvgIpc) is 2.47. The van der Waals surface area contributed by atoms with E-state index in [0.29, 0.717) is 11.1 Å². The van der Waals surface area contributed by atoms with Crippen LogP contribution in [0.25, 0.3) is 0 Å². The molecule has 0 heterocycles. The zero-order chi connectivity index (χ0) is 15.9. The topological polar surface area (TPSA) is 84.6 Å². The summed E-state index contributed by atoms with van der Waals surface area (Å²) in [5.74, 6) is -0.905. The molecular formula is C15H12FN3O3. The molecule has 2 aromatic carbocycles. The number of nitro benzene ring substituents is 1.